The minimum atomic E-state index is -1.47. The third-order valence-corrected chi connectivity index (χ3v) is 8.54. The van der Waals surface area contributed by atoms with Crippen LogP contribution in [0.25, 0.3) is 11.4 Å². The number of aliphatic hydroxyl groups is 1. The Kier molecular flexibility index (Phi) is 8.92. The van der Waals surface area contributed by atoms with Gasteiger partial charge in [0.15, 0.2) is 12.0 Å². The maximum absolute atomic E-state index is 15.2. The van der Waals surface area contributed by atoms with Gasteiger partial charge in [0.05, 0.1) is 31.4 Å². The van der Waals surface area contributed by atoms with E-state index >= 15 is 4.39 Å². The first kappa shape index (κ1) is 29.8. The summed E-state index contributed by atoms with van der Waals surface area (Å²) in [6, 6.07) is 12.4. The fourth-order valence-corrected chi connectivity index (χ4v) is 5.94. The van der Waals surface area contributed by atoms with Crippen molar-refractivity contribution < 1.29 is 28.2 Å². The normalized spacial score (nSPS) is 21.4. The van der Waals surface area contributed by atoms with Crippen LogP contribution in [0, 0.1) is 17.1 Å². The molecule has 3 aliphatic rings. The molecule has 2 unspecified atom stereocenters. The van der Waals surface area contributed by atoms with Crippen LogP contribution < -0.4 is 10.1 Å². The van der Waals surface area contributed by atoms with Crippen LogP contribution in [0.15, 0.2) is 42.7 Å². The summed E-state index contributed by atoms with van der Waals surface area (Å²) < 4.78 is 41.0. The minimum absolute atomic E-state index is 0.169. The van der Waals surface area contributed by atoms with Gasteiger partial charge in [-0.15, -0.1) is 0 Å². The number of carbonyl (C=O) groups excluding carboxylic acids is 1. The number of piperidine rings is 2. The van der Waals surface area contributed by atoms with Gasteiger partial charge in [0.2, 0.25) is 11.9 Å². The molecule has 3 fully saturated rings. The number of benzene rings is 2. The smallest absolute Gasteiger partial charge is 0.248 e. The van der Waals surface area contributed by atoms with Gasteiger partial charge >= 0.3 is 0 Å². The highest BCUT2D eigenvalue weighted by molar-refractivity contribution is 5.77. The van der Waals surface area contributed by atoms with E-state index in [9.17, 15) is 14.4 Å². The number of aromatic nitrogens is 3. The first-order valence-electron chi connectivity index (χ1n) is 14.7. The molecule has 0 saturated carbocycles. The van der Waals surface area contributed by atoms with E-state index in [0.717, 1.165) is 39.1 Å². The van der Waals surface area contributed by atoms with Crippen molar-refractivity contribution in [2.75, 3.05) is 51.3 Å². The lowest BCUT2D eigenvalue weighted by Gasteiger charge is -2.41. The number of amides is 1. The van der Waals surface area contributed by atoms with Crippen LogP contribution in [-0.2, 0) is 9.53 Å². The second-order valence-electron chi connectivity index (χ2n) is 11.3. The van der Waals surface area contributed by atoms with Gasteiger partial charge in [-0.3, -0.25) is 9.69 Å². The molecule has 6 rings (SSSR count). The summed E-state index contributed by atoms with van der Waals surface area (Å²) >= 11 is 0. The maximum atomic E-state index is 15.2. The summed E-state index contributed by atoms with van der Waals surface area (Å²) in [7, 11) is 0. The number of nitriles is 1. The molecule has 1 amide bonds. The van der Waals surface area contributed by atoms with Crippen LogP contribution in [0.3, 0.4) is 0 Å². The average molecular weight is 606 g/mol. The molecule has 4 heterocycles. The Morgan fingerprint density at radius 1 is 1.14 bits per heavy atom. The van der Waals surface area contributed by atoms with Crippen LogP contribution in [0.5, 0.6) is 5.75 Å². The Bertz CT molecular complexity index is 1540. The predicted octanol–water partition coefficient (Wildman–Crippen LogP) is 3.18. The van der Waals surface area contributed by atoms with Crippen molar-refractivity contribution in [3.63, 3.8) is 0 Å². The van der Waals surface area contributed by atoms with Crippen LogP contribution in [0.1, 0.15) is 36.3 Å². The monoisotopic (exact) mass is 605 g/mol. The number of nitrogens with zero attached hydrogens (tertiary/aromatic N) is 6. The third-order valence-electron chi connectivity index (χ3n) is 8.54. The zero-order valence-electron chi connectivity index (χ0n) is 24.0. The van der Waals surface area contributed by atoms with Crippen molar-refractivity contribution in [1.29, 1.82) is 5.26 Å². The van der Waals surface area contributed by atoms with E-state index in [1.54, 1.807) is 18.2 Å². The van der Waals surface area contributed by atoms with Crippen molar-refractivity contribution >= 4 is 17.5 Å². The van der Waals surface area contributed by atoms with Gasteiger partial charge in [0.1, 0.15) is 36.7 Å². The Balaban J connectivity index is 1.10. The van der Waals surface area contributed by atoms with Gasteiger partial charge in [-0.1, -0.05) is 6.07 Å². The van der Waals surface area contributed by atoms with Crippen molar-refractivity contribution in [3.8, 4) is 23.2 Å². The van der Waals surface area contributed by atoms with Crippen molar-refractivity contribution in [3.05, 3.63) is 59.7 Å². The molecule has 2 N–H and O–H groups in total. The Morgan fingerprint density at radius 2 is 1.95 bits per heavy atom. The lowest BCUT2D eigenvalue weighted by atomic mass is 9.88. The second kappa shape index (κ2) is 13.2. The molecule has 0 radical (unpaired) electrons. The predicted molar refractivity (Wildman–Crippen MR) is 155 cm³/mol. The van der Waals surface area contributed by atoms with E-state index < -0.39 is 24.8 Å². The molecule has 0 spiro atoms. The zero-order valence-corrected chi connectivity index (χ0v) is 24.0. The summed E-state index contributed by atoms with van der Waals surface area (Å²) in [5, 5.41) is 21.8. The number of aliphatic hydroxyl groups excluding tert-OH is 1. The Morgan fingerprint density at radius 3 is 2.64 bits per heavy atom. The summed E-state index contributed by atoms with van der Waals surface area (Å²) in [6.45, 7) is 2.84. The van der Waals surface area contributed by atoms with Gasteiger partial charge in [-0.25, -0.2) is 18.7 Å². The SMILES string of the molecule is N#Cc1cc(-c2ncnc(Nc3ccc(C4CCN(C5COC5)CC4)c(F)c3)n2)ccc1OC1CCN(C(=O)CO)CC1F. The Hall–Kier alpha value is -4.25. The summed E-state index contributed by atoms with van der Waals surface area (Å²) in [6.07, 6.45) is 1.05. The molecule has 0 bridgehead atoms. The van der Waals surface area contributed by atoms with Crippen LogP contribution >= 0.6 is 0 Å². The molecular formula is C31H33F2N7O4. The molecule has 13 heteroatoms. The molecule has 11 nitrogen and oxygen atoms in total. The lowest BCUT2D eigenvalue weighted by molar-refractivity contribution is -0.138. The molecule has 3 saturated heterocycles. The number of nitrogens with one attached hydrogen (secondary N) is 1. The molecule has 44 heavy (non-hydrogen) atoms. The minimum Gasteiger partial charge on any atom is -0.486 e. The van der Waals surface area contributed by atoms with E-state index in [0.29, 0.717) is 22.9 Å². The highest BCUT2D eigenvalue weighted by Gasteiger charge is 2.33. The van der Waals surface area contributed by atoms with E-state index in [2.05, 4.69) is 31.2 Å². The highest BCUT2D eigenvalue weighted by Crippen LogP contribution is 2.33. The van der Waals surface area contributed by atoms with Crippen molar-refractivity contribution in [2.24, 2.45) is 0 Å². The van der Waals surface area contributed by atoms with Gasteiger partial charge in [-0.05, 0) is 67.7 Å². The quantitative estimate of drug-likeness (QED) is 0.394. The number of anilines is 2. The van der Waals surface area contributed by atoms with Gasteiger partial charge in [0, 0.05) is 24.2 Å². The fraction of sp³-hybridized carbons (Fsp3) is 0.452. The summed E-state index contributed by atoms with van der Waals surface area (Å²) in [5.41, 5.74) is 1.90. The van der Waals surface area contributed by atoms with Crippen LogP contribution in [0.4, 0.5) is 20.4 Å². The van der Waals surface area contributed by atoms with Gasteiger partial charge in [-0.2, -0.15) is 10.2 Å². The van der Waals surface area contributed by atoms with Crippen LogP contribution in [0.2, 0.25) is 0 Å². The second-order valence-corrected chi connectivity index (χ2v) is 11.3. The van der Waals surface area contributed by atoms with Crippen molar-refractivity contribution in [2.45, 2.75) is 43.5 Å². The van der Waals surface area contributed by atoms with Gasteiger partial charge in [0.25, 0.3) is 0 Å². The fourth-order valence-electron chi connectivity index (χ4n) is 5.94. The number of ether oxygens (including phenoxy) is 2. The number of rotatable bonds is 8. The van der Waals surface area contributed by atoms with E-state index in [4.69, 9.17) is 14.6 Å². The van der Waals surface area contributed by atoms with Gasteiger partial charge < -0.3 is 24.8 Å². The molecule has 2 aromatic carbocycles. The zero-order chi connectivity index (χ0) is 30.6. The highest BCUT2D eigenvalue weighted by atomic mass is 19.1. The third kappa shape index (κ3) is 6.47. The van der Waals surface area contributed by atoms with E-state index in [1.165, 1.54) is 17.3 Å². The van der Waals surface area contributed by atoms with E-state index in [1.807, 2.05) is 12.1 Å². The molecule has 0 aliphatic carbocycles. The molecule has 2 atom stereocenters. The molecule has 1 aromatic heterocycles. The molecule has 3 aliphatic heterocycles. The molecular weight excluding hydrogens is 572 g/mol. The number of carbonyl (C=O) groups is 1. The summed E-state index contributed by atoms with van der Waals surface area (Å²) in [5.74, 6) is 0.0620. The summed E-state index contributed by atoms with van der Waals surface area (Å²) in [4.78, 5) is 28.2. The van der Waals surface area contributed by atoms with E-state index in [-0.39, 0.29) is 54.3 Å². The Labute approximate surface area is 253 Å². The standard InChI is InChI=1S/C31H33F2N7O4/c32-25-12-22(2-3-24(25)19-5-8-39(9-6-19)23-16-43-17-23)37-31-36-18-35-30(38-31)20-1-4-27(21(11-20)13-34)44-28-7-10-40(14-26(28)33)29(42)15-41/h1-4,11-12,18-19,23,26,28,41H,5-10,14-17H2,(H,35,36,37,38). The lowest BCUT2D eigenvalue weighted by Crippen LogP contribution is -2.51. The first-order chi connectivity index (χ1) is 21.4. The number of halogens is 2. The number of hydrogen-bond acceptors (Lipinski definition) is 10. The largest absolute Gasteiger partial charge is 0.486 e. The number of hydrogen-bond donors (Lipinski definition) is 2. The number of alkyl halides is 1. The maximum Gasteiger partial charge on any atom is 0.248 e. The molecule has 3 aromatic rings. The number of likely N-dealkylation sites (tertiary alicyclic amines) is 2. The first-order valence-corrected chi connectivity index (χ1v) is 14.7. The van der Waals surface area contributed by atoms with Crippen molar-refractivity contribution in [1.82, 2.24) is 24.8 Å². The van der Waals surface area contributed by atoms with Crippen LogP contribution in [-0.4, -0.2) is 100 Å². The average Bonchev–Trinajstić information content (AvgIpc) is 3.01. The molecule has 230 valence electrons. The topological polar surface area (TPSA) is 137 Å².